The van der Waals surface area contributed by atoms with E-state index in [0.717, 1.165) is 32.5 Å². The second-order valence-corrected chi connectivity index (χ2v) is 9.15. The Hall–Kier alpha value is -2.02. The van der Waals surface area contributed by atoms with Crippen LogP contribution in [0.15, 0.2) is 53.4 Å². The summed E-state index contributed by atoms with van der Waals surface area (Å²) in [6.07, 6.45) is 3.05. The lowest BCUT2D eigenvalue weighted by Gasteiger charge is -2.35. The molecule has 5 nitrogen and oxygen atoms in total. The summed E-state index contributed by atoms with van der Waals surface area (Å²) in [5.41, 5.74) is 1.83. The van der Waals surface area contributed by atoms with Gasteiger partial charge in [-0.1, -0.05) is 12.1 Å². The Morgan fingerprint density at radius 2 is 1.73 bits per heavy atom. The second-order valence-electron chi connectivity index (χ2n) is 8.27. The van der Waals surface area contributed by atoms with E-state index in [1.54, 1.807) is 36.0 Å². The van der Waals surface area contributed by atoms with Crippen molar-refractivity contribution in [3.05, 3.63) is 59.7 Å². The lowest BCUT2D eigenvalue weighted by Crippen LogP contribution is -2.42. The predicted molar refractivity (Wildman–Crippen MR) is 118 cm³/mol. The molecule has 1 heterocycles. The Morgan fingerprint density at radius 3 is 2.37 bits per heavy atom. The van der Waals surface area contributed by atoms with Crippen molar-refractivity contribution < 1.29 is 19.4 Å². The Kier molecular flexibility index (Phi) is 6.66. The number of benzene rings is 2. The number of aliphatic hydroxyl groups excluding tert-OH is 1. The van der Waals surface area contributed by atoms with Gasteiger partial charge in [0.1, 0.15) is 11.9 Å². The molecule has 1 aliphatic carbocycles. The van der Waals surface area contributed by atoms with E-state index in [4.69, 9.17) is 9.47 Å². The number of carbonyl (C=O) groups excluding carboxylic acids is 1. The van der Waals surface area contributed by atoms with E-state index in [2.05, 4.69) is 35.4 Å². The van der Waals surface area contributed by atoms with Crippen molar-refractivity contribution >= 4 is 17.7 Å². The minimum atomic E-state index is -0.465. The number of hydrogen-bond acceptors (Lipinski definition) is 6. The van der Waals surface area contributed by atoms with Gasteiger partial charge >= 0.3 is 5.97 Å². The van der Waals surface area contributed by atoms with Crippen LogP contribution in [-0.4, -0.2) is 54.6 Å². The van der Waals surface area contributed by atoms with Gasteiger partial charge < -0.3 is 14.6 Å². The molecule has 0 aromatic heterocycles. The SMILES string of the molecule is COC(=O)c1ccc(O[C@@H]2C[C@@H]3CN(Cc4ccc(SC)cc4)C[C@@H]3C[C@H]2O)cc1. The van der Waals surface area contributed by atoms with Crippen LogP contribution < -0.4 is 4.74 Å². The molecule has 0 spiro atoms. The highest BCUT2D eigenvalue weighted by Gasteiger charge is 2.42. The second kappa shape index (κ2) is 9.41. The van der Waals surface area contributed by atoms with Crippen molar-refractivity contribution in [2.75, 3.05) is 26.5 Å². The monoisotopic (exact) mass is 427 g/mol. The van der Waals surface area contributed by atoms with E-state index in [1.165, 1.54) is 17.6 Å². The van der Waals surface area contributed by atoms with Crippen LogP contribution in [0.2, 0.25) is 0 Å². The summed E-state index contributed by atoms with van der Waals surface area (Å²) in [6, 6.07) is 15.7. The summed E-state index contributed by atoms with van der Waals surface area (Å²) in [4.78, 5) is 15.4. The molecule has 2 aromatic carbocycles. The van der Waals surface area contributed by atoms with E-state index < -0.39 is 6.10 Å². The van der Waals surface area contributed by atoms with Crippen molar-refractivity contribution in [2.24, 2.45) is 11.8 Å². The van der Waals surface area contributed by atoms with Crippen LogP contribution in [0.25, 0.3) is 0 Å². The molecule has 2 aliphatic rings. The first-order valence-electron chi connectivity index (χ1n) is 10.4. The lowest BCUT2D eigenvalue weighted by molar-refractivity contribution is -0.0231. The molecular weight excluding hydrogens is 398 g/mol. The van der Waals surface area contributed by atoms with Crippen LogP contribution in [0.1, 0.15) is 28.8 Å². The van der Waals surface area contributed by atoms with Gasteiger partial charge in [-0.2, -0.15) is 0 Å². The number of esters is 1. The number of fused-ring (bicyclic) bond motifs is 1. The molecule has 0 unspecified atom stereocenters. The molecule has 0 bridgehead atoms. The van der Waals surface area contributed by atoms with Crippen molar-refractivity contribution in [3.63, 3.8) is 0 Å². The maximum atomic E-state index is 11.6. The summed E-state index contributed by atoms with van der Waals surface area (Å²) >= 11 is 1.76. The Balaban J connectivity index is 1.34. The normalized spacial score (nSPS) is 26.2. The fourth-order valence-corrected chi connectivity index (χ4v) is 5.10. The average Bonchev–Trinajstić information content (AvgIpc) is 3.15. The first-order valence-corrected chi connectivity index (χ1v) is 11.7. The molecular formula is C24H29NO4S. The summed E-state index contributed by atoms with van der Waals surface area (Å²) in [6.45, 7) is 3.04. The van der Waals surface area contributed by atoms with Crippen LogP contribution in [0.3, 0.4) is 0 Å². The summed E-state index contributed by atoms with van der Waals surface area (Å²) < 4.78 is 10.8. The maximum Gasteiger partial charge on any atom is 0.337 e. The number of thioether (sulfide) groups is 1. The van der Waals surface area contributed by atoms with Crippen LogP contribution in [-0.2, 0) is 11.3 Å². The lowest BCUT2D eigenvalue weighted by atomic mass is 9.78. The molecule has 2 fully saturated rings. The minimum absolute atomic E-state index is 0.212. The molecule has 1 saturated heterocycles. The third-order valence-electron chi connectivity index (χ3n) is 6.29. The topological polar surface area (TPSA) is 59.0 Å². The number of aliphatic hydroxyl groups is 1. The van der Waals surface area contributed by atoms with Crippen molar-refractivity contribution in [3.8, 4) is 5.75 Å². The molecule has 6 heteroatoms. The van der Waals surface area contributed by atoms with Crippen molar-refractivity contribution in [1.82, 2.24) is 4.90 Å². The standard InChI is InChI=1S/C24H29NO4S/c1-28-24(27)17-5-7-20(8-6-17)29-23-12-19-15-25(14-18(19)11-22(23)26)13-16-3-9-21(30-2)10-4-16/h3-10,18-19,22-23,26H,11-15H2,1-2H3/t18-,19+,22+,23+/m0/s1. The van der Waals surface area contributed by atoms with Gasteiger partial charge in [-0.25, -0.2) is 4.79 Å². The van der Waals surface area contributed by atoms with E-state index in [1.807, 2.05) is 0 Å². The van der Waals surface area contributed by atoms with E-state index in [0.29, 0.717) is 23.1 Å². The zero-order valence-electron chi connectivity index (χ0n) is 17.5. The van der Waals surface area contributed by atoms with Crippen LogP contribution in [0.4, 0.5) is 0 Å². The molecule has 2 aromatic rings. The molecule has 1 aliphatic heterocycles. The molecule has 0 amide bonds. The third-order valence-corrected chi connectivity index (χ3v) is 7.03. The fraction of sp³-hybridized carbons (Fsp3) is 0.458. The number of methoxy groups -OCH3 is 1. The summed E-state index contributed by atoms with van der Waals surface area (Å²) in [5.74, 6) is 1.37. The number of hydrogen-bond donors (Lipinski definition) is 1. The molecule has 1 N–H and O–H groups in total. The van der Waals surface area contributed by atoms with Gasteiger partial charge in [0.25, 0.3) is 0 Å². The first kappa shape index (κ1) is 21.2. The quantitative estimate of drug-likeness (QED) is 0.558. The van der Waals surface area contributed by atoms with Crippen molar-refractivity contribution in [2.45, 2.75) is 36.5 Å². The number of carbonyl (C=O) groups is 1. The summed E-state index contributed by atoms with van der Waals surface area (Å²) in [7, 11) is 1.37. The van der Waals surface area contributed by atoms with Gasteiger partial charge in [0.2, 0.25) is 0 Å². The Morgan fingerprint density at radius 1 is 1.07 bits per heavy atom. The molecule has 0 radical (unpaired) electrons. The summed E-state index contributed by atoms with van der Waals surface area (Å²) in [5, 5.41) is 10.7. The predicted octanol–water partition coefficient (Wildman–Crippen LogP) is 3.85. The average molecular weight is 428 g/mol. The van der Waals surface area contributed by atoms with E-state index >= 15 is 0 Å². The molecule has 4 atom stereocenters. The zero-order chi connectivity index (χ0) is 21.1. The number of rotatable bonds is 6. The highest BCUT2D eigenvalue weighted by atomic mass is 32.2. The van der Waals surface area contributed by atoms with Crippen molar-refractivity contribution in [1.29, 1.82) is 0 Å². The number of likely N-dealkylation sites (tertiary alicyclic amines) is 1. The van der Waals surface area contributed by atoms with E-state index in [9.17, 15) is 9.90 Å². The van der Waals surface area contributed by atoms with Crippen LogP contribution in [0.5, 0.6) is 5.75 Å². The first-order chi connectivity index (χ1) is 14.6. The molecule has 30 heavy (non-hydrogen) atoms. The van der Waals surface area contributed by atoms with Crippen LogP contribution in [0, 0.1) is 11.8 Å². The zero-order valence-corrected chi connectivity index (χ0v) is 18.3. The van der Waals surface area contributed by atoms with Gasteiger partial charge in [0, 0.05) is 24.5 Å². The van der Waals surface area contributed by atoms with Gasteiger partial charge in [0.15, 0.2) is 0 Å². The molecule has 4 rings (SSSR count). The minimum Gasteiger partial charge on any atom is -0.488 e. The molecule has 160 valence electrons. The van der Waals surface area contributed by atoms with E-state index in [-0.39, 0.29) is 12.1 Å². The molecule has 1 saturated carbocycles. The smallest absolute Gasteiger partial charge is 0.337 e. The highest BCUT2D eigenvalue weighted by Crippen LogP contribution is 2.38. The third kappa shape index (κ3) is 4.82. The van der Waals surface area contributed by atoms with Gasteiger partial charge in [-0.15, -0.1) is 11.8 Å². The number of nitrogens with zero attached hydrogens (tertiary/aromatic N) is 1. The van der Waals surface area contributed by atoms with Crippen LogP contribution >= 0.6 is 11.8 Å². The fourth-order valence-electron chi connectivity index (χ4n) is 4.69. The highest BCUT2D eigenvalue weighted by molar-refractivity contribution is 7.98. The largest absolute Gasteiger partial charge is 0.488 e. The van der Waals surface area contributed by atoms with Gasteiger partial charge in [-0.3, -0.25) is 4.90 Å². The Labute approximate surface area is 182 Å². The number of ether oxygens (including phenoxy) is 2. The van der Waals surface area contributed by atoms with Gasteiger partial charge in [0.05, 0.1) is 18.8 Å². The van der Waals surface area contributed by atoms with Gasteiger partial charge in [-0.05, 0) is 72.9 Å². The maximum absolute atomic E-state index is 11.6. The Bertz CT molecular complexity index is 855.